The highest BCUT2D eigenvalue weighted by Gasteiger charge is 2.02. The molecule has 0 saturated carbocycles. The molecule has 0 aliphatic heterocycles. The van der Waals surface area contributed by atoms with Gasteiger partial charge in [0.05, 0.1) is 6.42 Å². The van der Waals surface area contributed by atoms with E-state index in [4.69, 9.17) is 4.74 Å². The lowest BCUT2D eigenvalue weighted by atomic mass is 10.2. The smallest absolute Gasteiger partial charge is 0.226 e. The highest BCUT2D eigenvalue weighted by atomic mass is 16.5. The van der Waals surface area contributed by atoms with Crippen molar-refractivity contribution in [2.75, 3.05) is 20.3 Å². The highest BCUT2D eigenvalue weighted by Crippen LogP contribution is 1.94. The van der Waals surface area contributed by atoms with Crippen molar-refractivity contribution in [3.05, 3.63) is 30.1 Å². The first-order valence-corrected chi connectivity index (χ1v) is 4.98. The predicted molar refractivity (Wildman–Crippen MR) is 57.4 cm³/mol. The summed E-state index contributed by atoms with van der Waals surface area (Å²) < 4.78 is 4.88. The number of amides is 1. The van der Waals surface area contributed by atoms with E-state index in [-0.39, 0.29) is 5.91 Å². The van der Waals surface area contributed by atoms with Crippen molar-refractivity contribution in [3.63, 3.8) is 0 Å². The number of carbonyl (C=O) groups is 1. The minimum absolute atomic E-state index is 0.00445. The molecule has 0 aliphatic carbocycles. The quantitative estimate of drug-likeness (QED) is 0.703. The Morgan fingerprint density at radius 2 is 2.40 bits per heavy atom. The Balaban J connectivity index is 2.19. The average Bonchev–Trinajstić information content (AvgIpc) is 2.26. The lowest BCUT2D eigenvalue weighted by Crippen LogP contribution is -2.27. The maximum Gasteiger partial charge on any atom is 0.226 e. The van der Waals surface area contributed by atoms with Crippen LogP contribution in [0.25, 0.3) is 0 Å². The van der Waals surface area contributed by atoms with E-state index >= 15 is 0 Å². The molecule has 1 heterocycles. The van der Waals surface area contributed by atoms with Gasteiger partial charge in [-0.05, 0) is 18.6 Å². The van der Waals surface area contributed by atoms with Crippen LogP contribution in [0, 0.1) is 0 Å². The standard InChI is InChI=1S/C11H16N2O2/c1-15-8-4-7-13-11(14)9-10-5-2-3-6-12-10/h2-3,5-6H,4,7-9H2,1H3,(H,13,14). The maximum absolute atomic E-state index is 11.4. The summed E-state index contributed by atoms with van der Waals surface area (Å²) in [5.74, 6) is 0.00445. The topological polar surface area (TPSA) is 51.2 Å². The second kappa shape index (κ2) is 6.95. The predicted octanol–water partition coefficient (Wildman–Crippen LogP) is 0.777. The van der Waals surface area contributed by atoms with E-state index in [1.807, 2.05) is 18.2 Å². The van der Waals surface area contributed by atoms with Gasteiger partial charge in [-0.2, -0.15) is 0 Å². The zero-order valence-corrected chi connectivity index (χ0v) is 8.90. The summed E-state index contributed by atoms with van der Waals surface area (Å²) in [6.45, 7) is 1.32. The molecule has 0 aromatic carbocycles. The fourth-order valence-corrected chi connectivity index (χ4v) is 1.17. The van der Waals surface area contributed by atoms with Crippen LogP contribution in [0.3, 0.4) is 0 Å². The molecule has 0 unspecified atom stereocenters. The van der Waals surface area contributed by atoms with Gasteiger partial charge in [0, 0.05) is 32.2 Å². The van der Waals surface area contributed by atoms with Crippen LogP contribution in [0.2, 0.25) is 0 Å². The molecule has 0 bridgehead atoms. The van der Waals surface area contributed by atoms with Crippen LogP contribution >= 0.6 is 0 Å². The zero-order valence-electron chi connectivity index (χ0n) is 8.90. The second-order valence-corrected chi connectivity index (χ2v) is 3.19. The van der Waals surface area contributed by atoms with Gasteiger partial charge in [-0.3, -0.25) is 9.78 Å². The molecule has 1 aromatic heterocycles. The van der Waals surface area contributed by atoms with Crippen molar-refractivity contribution in [1.82, 2.24) is 10.3 Å². The molecular formula is C11H16N2O2. The molecule has 0 aliphatic rings. The third kappa shape index (κ3) is 5.12. The molecule has 0 saturated heterocycles. The number of hydrogen-bond donors (Lipinski definition) is 1. The number of nitrogens with zero attached hydrogens (tertiary/aromatic N) is 1. The van der Waals surface area contributed by atoms with Crippen molar-refractivity contribution >= 4 is 5.91 Å². The fraction of sp³-hybridized carbons (Fsp3) is 0.455. The van der Waals surface area contributed by atoms with Crippen LogP contribution in [0.1, 0.15) is 12.1 Å². The fourth-order valence-electron chi connectivity index (χ4n) is 1.17. The Bertz CT molecular complexity index is 288. The number of ether oxygens (including phenoxy) is 1. The van der Waals surface area contributed by atoms with Gasteiger partial charge in [-0.1, -0.05) is 6.07 Å². The summed E-state index contributed by atoms with van der Waals surface area (Å²) in [6.07, 6.45) is 2.87. The summed E-state index contributed by atoms with van der Waals surface area (Å²) in [4.78, 5) is 15.5. The third-order valence-electron chi connectivity index (χ3n) is 1.92. The monoisotopic (exact) mass is 208 g/mol. The molecular weight excluding hydrogens is 192 g/mol. The van der Waals surface area contributed by atoms with Crippen molar-refractivity contribution in [2.24, 2.45) is 0 Å². The number of carbonyl (C=O) groups excluding carboxylic acids is 1. The molecule has 1 rings (SSSR count). The van der Waals surface area contributed by atoms with E-state index in [0.717, 1.165) is 12.1 Å². The Morgan fingerprint density at radius 1 is 1.53 bits per heavy atom. The first-order valence-electron chi connectivity index (χ1n) is 4.98. The van der Waals surface area contributed by atoms with E-state index in [9.17, 15) is 4.79 Å². The van der Waals surface area contributed by atoms with E-state index in [0.29, 0.717) is 19.6 Å². The molecule has 0 spiro atoms. The van der Waals surface area contributed by atoms with Crippen LogP contribution < -0.4 is 5.32 Å². The summed E-state index contributed by atoms with van der Waals surface area (Å²) in [5.41, 5.74) is 0.793. The van der Waals surface area contributed by atoms with Gasteiger partial charge in [0.1, 0.15) is 0 Å². The highest BCUT2D eigenvalue weighted by molar-refractivity contribution is 5.77. The lowest BCUT2D eigenvalue weighted by molar-refractivity contribution is -0.120. The summed E-state index contributed by atoms with van der Waals surface area (Å²) in [5, 5.41) is 2.81. The lowest BCUT2D eigenvalue weighted by Gasteiger charge is -2.03. The van der Waals surface area contributed by atoms with Crippen LogP contribution in [0.4, 0.5) is 0 Å². The normalized spacial score (nSPS) is 9.93. The molecule has 4 heteroatoms. The largest absolute Gasteiger partial charge is 0.385 e. The van der Waals surface area contributed by atoms with Crippen LogP contribution in [0.5, 0.6) is 0 Å². The third-order valence-corrected chi connectivity index (χ3v) is 1.92. The van der Waals surface area contributed by atoms with Gasteiger partial charge in [-0.15, -0.1) is 0 Å². The SMILES string of the molecule is COCCCNC(=O)Cc1ccccn1. The minimum Gasteiger partial charge on any atom is -0.385 e. The summed E-state index contributed by atoms with van der Waals surface area (Å²) in [6, 6.07) is 5.55. The van der Waals surface area contributed by atoms with E-state index < -0.39 is 0 Å². The molecule has 4 nitrogen and oxygen atoms in total. The molecule has 0 fully saturated rings. The molecule has 1 aromatic rings. The van der Waals surface area contributed by atoms with E-state index in [2.05, 4.69) is 10.3 Å². The van der Waals surface area contributed by atoms with Crippen molar-refractivity contribution in [1.29, 1.82) is 0 Å². The van der Waals surface area contributed by atoms with Gasteiger partial charge in [0.25, 0.3) is 0 Å². The molecule has 0 radical (unpaired) electrons. The Hall–Kier alpha value is -1.42. The molecule has 82 valence electrons. The zero-order chi connectivity index (χ0) is 10.9. The Kier molecular flexibility index (Phi) is 5.40. The Morgan fingerprint density at radius 3 is 3.07 bits per heavy atom. The number of pyridine rings is 1. The van der Waals surface area contributed by atoms with Gasteiger partial charge in [0.2, 0.25) is 5.91 Å². The molecule has 0 atom stereocenters. The average molecular weight is 208 g/mol. The molecule has 1 amide bonds. The number of methoxy groups -OCH3 is 1. The van der Waals surface area contributed by atoms with Crippen molar-refractivity contribution in [3.8, 4) is 0 Å². The van der Waals surface area contributed by atoms with E-state index in [1.165, 1.54) is 0 Å². The number of hydrogen-bond acceptors (Lipinski definition) is 3. The van der Waals surface area contributed by atoms with Crippen LogP contribution in [0.15, 0.2) is 24.4 Å². The van der Waals surface area contributed by atoms with Crippen molar-refractivity contribution in [2.45, 2.75) is 12.8 Å². The van der Waals surface area contributed by atoms with Crippen LogP contribution in [-0.4, -0.2) is 31.2 Å². The van der Waals surface area contributed by atoms with Crippen molar-refractivity contribution < 1.29 is 9.53 Å². The number of aromatic nitrogens is 1. The number of rotatable bonds is 6. The van der Waals surface area contributed by atoms with Crippen LogP contribution in [-0.2, 0) is 16.0 Å². The molecule has 1 N–H and O–H groups in total. The van der Waals surface area contributed by atoms with Gasteiger partial charge >= 0.3 is 0 Å². The number of nitrogens with one attached hydrogen (secondary N) is 1. The molecule has 15 heavy (non-hydrogen) atoms. The van der Waals surface area contributed by atoms with E-state index in [1.54, 1.807) is 13.3 Å². The Labute approximate surface area is 89.7 Å². The van der Waals surface area contributed by atoms with Gasteiger partial charge in [0.15, 0.2) is 0 Å². The first kappa shape index (κ1) is 11.7. The minimum atomic E-state index is 0.00445. The van der Waals surface area contributed by atoms with Gasteiger partial charge in [-0.25, -0.2) is 0 Å². The maximum atomic E-state index is 11.4. The second-order valence-electron chi connectivity index (χ2n) is 3.19. The summed E-state index contributed by atoms with van der Waals surface area (Å²) >= 11 is 0. The van der Waals surface area contributed by atoms with Gasteiger partial charge < -0.3 is 10.1 Å². The first-order chi connectivity index (χ1) is 7.33. The summed E-state index contributed by atoms with van der Waals surface area (Å²) in [7, 11) is 1.65.